The highest BCUT2D eigenvalue weighted by Crippen LogP contribution is 2.34. The molecule has 0 aromatic heterocycles. The molecule has 150 valence electrons. The average molecular weight is 408 g/mol. The molecule has 0 radical (unpaired) electrons. The molecule has 1 spiro atoms. The number of ether oxygens (including phenoxy) is 1. The van der Waals surface area contributed by atoms with Crippen LogP contribution in [0.4, 0.5) is 4.79 Å². The van der Waals surface area contributed by atoms with Gasteiger partial charge < -0.3 is 15.0 Å². The molecular formula is C19H22ClN3O5. The fourth-order valence-corrected chi connectivity index (χ4v) is 3.64. The van der Waals surface area contributed by atoms with Crippen molar-refractivity contribution in [1.82, 2.24) is 15.1 Å². The third-order valence-electron chi connectivity index (χ3n) is 5.11. The molecule has 9 heteroatoms. The Labute approximate surface area is 167 Å². The molecule has 2 fully saturated rings. The zero-order chi connectivity index (χ0) is 20.3. The largest absolute Gasteiger partial charge is 0.454 e. The summed E-state index contributed by atoms with van der Waals surface area (Å²) in [4.78, 5) is 51.0. The number of amides is 4. The fourth-order valence-electron chi connectivity index (χ4n) is 3.52. The number of halogens is 1. The lowest BCUT2D eigenvalue weighted by molar-refractivity contribution is -0.153. The van der Waals surface area contributed by atoms with E-state index in [1.165, 1.54) is 4.90 Å². The topological polar surface area (TPSA) is 96.0 Å². The Hall–Kier alpha value is -2.61. The SMILES string of the molecule is CN(Cc1ccc(Cl)cc1)C(=O)COC(=O)CN1C(=O)NC2(CCCC2)C1=O. The van der Waals surface area contributed by atoms with E-state index in [0.717, 1.165) is 23.3 Å². The van der Waals surface area contributed by atoms with Crippen LogP contribution in [0.25, 0.3) is 0 Å². The third kappa shape index (κ3) is 4.27. The lowest BCUT2D eigenvalue weighted by atomic mass is 9.98. The predicted molar refractivity (Wildman–Crippen MR) is 100 cm³/mol. The van der Waals surface area contributed by atoms with Crippen molar-refractivity contribution < 1.29 is 23.9 Å². The molecule has 1 saturated carbocycles. The second-order valence-corrected chi connectivity index (χ2v) is 7.58. The Morgan fingerprint density at radius 2 is 1.86 bits per heavy atom. The Morgan fingerprint density at radius 1 is 1.21 bits per heavy atom. The normalized spacial score (nSPS) is 17.7. The van der Waals surface area contributed by atoms with Gasteiger partial charge in [0, 0.05) is 18.6 Å². The van der Waals surface area contributed by atoms with Crippen molar-refractivity contribution in [1.29, 1.82) is 0 Å². The lowest BCUT2D eigenvalue weighted by Crippen LogP contribution is -2.44. The van der Waals surface area contributed by atoms with Crippen LogP contribution in [0.3, 0.4) is 0 Å². The highest BCUT2D eigenvalue weighted by atomic mass is 35.5. The molecular weight excluding hydrogens is 386 g/mol. The molecule has 0 unspecified atom stereocenters. The van der Waals surface area contributed by atoms with Gasteiger partial charge in [-0.3, -0.25) is 19.3 Å². The Balaban J connectivity index is 1.47. The lowest BCUT2D eigenvalue weighted by Gasteiger charge is -2.20. The quantitative estimate of drug-likeness (QED) is 0.572. The van der Waals surface area contributed by atoms with E-state index in [4.69, 9.17) is 16.3 Å². The van der Waals surface area contributed by atoms with Crippen LogP contribution < -0.4 is 5.32 Å². The maximum absolute atomic E-state index is 12.5. The minimum absolute atomic E-state index is 0.336. The average Bonchev–Trinajstić information content (AvgIpc) is 3.22. The van der Waals surface area contributed by atoms with Crippen molar-refractivity contribution in [3.63, 3.8) is 0 Å². The molecule has 1 aromatic carbocycles. The van der Waals surface area contributed by atoms with Gasteiger partial charge >= 0.3 is 12.0 Å². The van der Waals surface area contributed by atoms with Crippen molar-refractivity contribution in [2.24, 2.45) is 0 Å². The van der Waals surface area contributed by atoms with Crippen molar-refractivity contribution in [3.05, 3.63) is 34.9 Å². The van der Waals surface area contributed by atoms with Gasteiger partial charge in [0.25, 0.3) is 11.8 Å². The zero-order valence-corrected chi connectivity index (χ0v) is 16.3. The van der Waals surface area contributed by atoms with Gasteiger partial charge in [-0.25, -0.2) is 4.79 Å². The number of likely N-dealkylation sites (N-methyl/N-ethyl adjacent to an activating group) is 1. The van der Waals surface area contributed by atoms with Crippen LogP contribution in [-0.2, 0) is 25.7 Å². The number of rotatable bonds is 6. The van der Waals surface area contributed by atoms with Gasteiger partial charge in [0.1, 0.15) is 12.1 Å². The summed E-state index contributed by atoms with van der Waals surface area (Å²) < 4.78 is 4.97. The van der Waals surface area contributed by atoms with Gasteiger partial charge in [0.05, 0.1) is 0 Å². The standard InChI is InChI=1S/C19H22ClN3O5/c1-22(10-13-4-6-14(20)7-5-13)15(24)12-28-16(25)11-23-17(26)19(21-18(23)27)8-2-3-9-19/h4-7H,2-3,8-12H2,1H3,(H,21,27). The number of nitrogens with zero attached hydrogens (tertiary/aromatic N) is 2. The zero-order valence-electron chi connectivity index (χ0n) is 15.6. The molecule has 1 aliphatic carbocycles. The molecule has 8 nitrogen and oxygen atoms in total. The number of esters is 1. The first-order chi connectivity index (χ1) is 13.3. The molecule has 1 N–H and O–H groups in total. The van der Waals surface area contributed by atoms with Crippen LogP contribution >= 0.6 is 11.6 Å². The van der Waals surface area contributed by atoms with E-state index in [1.54, 1.807) is 31.3 Å². The van der Waals surface area contributed by atoms with E-state index in [9.17, 15) is 19.2 Å². The molecule has 1 saturated heterocycles. The summed E-state index contributed by atoms with van der Waals surface area (Å²) in [7, 11) is 1.59. The van der Waals surface area contributed by atoms with E-state index in [0.29, 0.717) is 24.4 Å². The van der Waals surface area contributed by atoms with Crippen LogP contribution in [0.1, 0.15) is 31.2 Å². The molecule has 0 atom stereocenters. The van der Waals surface area contributed by atoms with Crippen molar-refractivity contribution >= 4 is 35.4 Å². The first-order valence-electron chi connectivity index (χ1n) is 9.09. The van der Waals surface area contributed by atoms with Gasteiger partial charge in [-0.05, 0) is 30.5 Å². The fraction of sp³-hybridized carbons (Fsp3) is 0.474. The first kappa shape index (κ1) is 20.1. The van der Waals surface area contributed by atoms with Crippen LogP contribution in [0.5, 0.6) is 0 Å². The highest BCUT2D eigenvalue weighted by molar-refractivity contribution is 6.30. The van der Waals surface area contributed by atoms with Crippen molar-refractivity contribution in [2.75, 3.05) is 20.2 Å². The molecule has 1 heterocycles. The minimum Gasteiger partial charge on any atom is -0.454 e. The summed E-state index contributed by atoms with van der Waals surface area (Å²) in [5.41, 5.74) is 0.0131. The number of hydrogen-bond acceptors (Lipinski definition) is 5. The number of urea groups is 1. The number of hydrogen-bond donors (Lipinski definition) is 1. The molecule has 2 aliphatic rings. The maximum atomic E-state index is 12.5. The molecule has 1 aliphatic heterocycles. The van der Waals surface area contributed by atoms with Gasteiger partial charge in [-0.2, -0.15) is 0 Å². The van der Waals surface area contributed by atoms with Gasteiger partial charge in [-0.15, -0.1) is 0 Å². The minimum atomic E-state index is -0.869. The molecule has 3 rings (SSSR count). The van der Waals surface area contributed by atoms with Gasteiger partial charge in [-0.1, -0.05) is 36.6 Å². The smallest absolute Gasteiger partial charge is 0.326 e. The Kier molecular flexibility index (Phi) is 5.88. The van der Waals surface area contributed by atoms with E-state index in [2.05, 4.69) is 5.32 Å². The monoisotopic (exact) mass is 407 g/mol. The summed E-state index contributed by atoms with van der Waals surface area (Å²) in [5.74, 6) is -1.59. The third-order valence-corrected chi connectivity index (χ3v) is 5.36. The van der Waals surface area contributed by atoms with Crippen LogP contribution in [-0.4, -0.2) is 59.4 Å². The highest BCUT2D eigenvalue weighted by Gasteiger charge is 2.52. The number of nitrogens with one attached hydrogen (secondary N) is 1. The number of benzene rings is 1. The second-order valence-electron chi connectivity index (χ2n) is 7.15. The van der Waals surface area contributed by atoms with Crippen molar-refractivity contribution in [2.45, 2.75) is 37.8 Å². The second kappa shape index (κ2) is 8.18. The molecule has 4 amide bonds. The number of carbonyl (C=O) groups excluding carboxylic acids is 4. The molecule has 0 bridgehead atoms. The van der Waals surface area contributed by atoms with E-state index in [-0.39, 0.29) is 0 Å². The summed E-state index contributed by atoms with van der Waals surface area (Å²) in [6, 6.07) is 6.47. The first-order valence-corrected chi connectivity index (χ1v) is 9.47. The summed E-state index contributed by atoms with van der Waals surface area (Å²) >= 11 is 5.83. The van der Waals surface area contributed by atoms with Gasteiger partial charge in [0.15, 0.2) is 6.61 Å². The van der Waals surface area contributed by atoms with Crippen LogP contribution in [0.2, 0.25) is 5.02 Å². The summed E-state index contributed by atoms with van der Waals surface area (Å²) in [6.45, 7) is -0.624. The number of imide groups is 1. The molecule has 28 heavy (non-hydrogen) atoms. The maximum Gasteiger partial charge on any atom is 0.326 e. The molecule has 1 aromatic rings. The Morgan fingerprint density at radius 3 is 2.50 bits per heavy atom. The van der Waals surface area contributed by atoms with E-state index < -0.39 is 42.5 Å². The number of carbonyl (C=O) groups is 4. The van der Waals surface area contributed by atoms with E-state index >= 15 is 0 Å². The van der Waals surface area contributed by atoms with Crippen LogP contribution in [0, 0.1) is 0 Å². The predicted octanol–water partition coefficient (Wildman–Crippen LogP) is 1.71. The summed E-state index contributed by atoms with van der Waals surface area (Å²) in [5, 5.41) is 3.30. The van der Waals surface area contributed by atoms with E-state index in [1.807, 2.05) is 0 Å². The van der Waals surface area contributed by atoms with Crippen molar-refractivity contribution in [3.8, 4) is 0 Å². The summed E-state index contributed by atoms with van der Waals surface area (Å²) in [6.07, 6.45) is 2.88. The Bertz CT molecular complexity index is 789. The van der Waals surface area contributed by atoms with Crippen LogP contribution in [0.15, 0.2) is 24.3 Å². The van der Waals surface area contributed by atoms with Gasteiger partial charge in [0.2, 0.25) is 0 Å².